The van der Waals surface area contributed by atoms with Gasteiger partial charge in [-0.15, -0.1) is 0 Å². The standard InChI is InChI=1S/C13H19Cl2N/c1-13(2,3)9-16-7-6-10-4-5-11(14)8-12(10)15/h4-5,8,16H,6-7,9H2,1-3H3. The number of hydrogen-bond acceptors (Lipinski definition) is 1. The number of nitrogens with one attached hydrogen (secondary N) is 1. The molecule has 0 atom stereocenters. The predicted molar refractivity (Wildman–Crippen MR) is 72.5 cm³/mol. The molecule has 0 saturated carbocycles. The van der Waals surface area contributed by atoms with Crippen molar-refractivity contribution in [3.63, 3.8) is 0 Å². The molecule has 0 aromatic heterocycles. The third kappa shape index (κ3) is 5.20. The first-order valence-electron chi connectivity index (χ1n) is 5.53. The van der Waals surface area contributed by atoms with Gasteiger partial charge in [-0.25, -0.2) is 0 Å². The lowest BCUT2D eigenvalue weighted by Crippen LogP contribution is -2.28. The SMILES string of the molecule is CC(C)(C)CNCCc1ccc(Cl)cc1Cl. The van der Waals surface area contributed by atoms with Gasteiger partial charge in [-0.2, -0.15) is 0 Å². The second-order valence-corrected chi connectivity index (χ2v) is 6.07. The quantitative estimate of drug-likeness (QED) is 0.801. The maximum absolute atomic E-state index is 6.09. The van der Waals surface area contributed by atoms with Gasteiger partial charge in [-0.3, -0.25) is 0 Å². The minimum absolute atomic E-state index is 0.323. The van der Waals surface area contributed by atoms with Crippen LogP contribution in [0.15, 0.2) is 18.2 Å². The molecule has 0 bridgehead atoms. The normalized spacial score (nSPS) is 11.8. The second kappa shape index (κ2) is 5.90. The lowest BCUT2D eigenvalue weighted by Gasteiger charge is -2.18. The third-order valence-electron chi connectivity index (χ3n) is 2.24. The first-order valence-corrected chi connectivity index (χ1v) is 6.29. The van der Waals surface area contributed by atoms with E-state index in [1.54, 1.807) is 6.07 Å². The van der Waals surface area contributed by atoms with Crippen molar-refractivity contribution in [3.8, 4) is 0 Å². The Morgan fingerprint density at radius 2 is 1.88 bits per heavy atom. The number of benzene rings is 1. The van der Waals surface area contributed by atoms with Crippen LogP contribution in [-0.4, -0.2) is 13.1 Å². The minimum Gasteiger partial charge on any atom is -0.316 e. The van der Waals surface area contributed by atoms with Crippen LogP contribution in [0.2, 0.25) is 10.0 Å². The fraction of sp³-hybridized carbons (Fsp3) is 0.538. The Kier molecular flexibility index (Phi) is 5.10. The summed E-state index contributed by atoms with van der Waals surface area (Å²) in [6, 6.07) is 5.66. The molecular weight excluding hydrogens is 241 g/mol. The molecule has 0 aliphatic carbocycles. The molecule has 16 heavy (non-hydrogen) atoms. The molecule has 0 unspecified atom stereocenters. The molecule has 0 spiro atoms. The number of halogens is 2. The van der Waals surface area contributed by atoms with Crippen LogP contribution in [0.1, 0.15) is 26.3 Å². The highest BCUT2D eigenvalue weighted by molar-refractivity contribution is 6.35. The predicted octanol–water partition coefficient (Wildman–Crippen LogP) is 4.17. The molecule has 0 saturated heterocycles. The fourth-order valence-corrected chi connectivity index (χ4v) is 1.91. The molecule has 0 radical (unpaired) electrons. The summed E-state index contributed by atoms with van der Waals surface area (Å²) < 4.78 is 0. The highest BCUT2D eigenvalue weighted by Gasteiger charge is 2.08. The van der Waals surface area contributed by atoms with Gasteiger partial charge in [-0.1, -0.05) is 50.0 Å². The Bertz CT molecular complexity index is 342. The van der Waals surface area contributed by atoms with E-state index in [4.69, 9.17) is 23.2 Å². The summed E-state index contributed by atoms with van der Waals surface area (Å²) in [4.78, 5) is 0. The zero-order valence-electron chi connectivity index (χ0n) is 10.1. The van der Waals surface area contributed by atoms with Crippen molar-refractivity contribution in [3.05, 3.63) is 33.8 Å². The first kappa shape index (κ1) is 13.8. The van der Waals surface area contributed by atoms with Crippen LogP contribution in [0.3, 0.4) is 0 Å². The van der Waals surface area contributed by atoms with Crippen LogP contribution < -0.4 is 5.32 Å². The van der Waals surface area contributed by atoms with Crippen LogP contribution in [0, 0.1) is 5.41 Å². The average molecular weight is 260 g/mol. The summed E-state index contributed by atoms with van der Waals surface area (Å²) in [5, 5.41) is 4.87. The zero-order valence-corrected chi connectivity index (χ0v) is 11.6. The highest BCUT2D eigenvalue weighted by atomic mass is 35.5. The molecule has 0 aliphatic heterocycles. The molecule has 90 valence electrons. The van der Waals surface area contributed by atoms with Gasteiger partial charge in [0.15, 0.2) is 0 Å². The second-order valence-electron chi connectivity index (χ2n) is 5.22. The Balaban J connectivity index is 2.38. The summed E-state index contributed by atoms with van der Waals surface area (Å²) in [6.45, 7) is 8.61. The molecule has 1 nitrogen and oxygen atoms in total. The van der Waals surface area contributed by atoms with Gasteiger partial charge in [0.05, 0.1) is 0 Å². The van der Waals surface area contributed by atoms with E-state index in [1.165, 1.54) is 0 Å². The third-order valence-corrected chi connectivity index (χ3v) is 2.83. The van der Waals surface area contributed by atoms with Crippen LogP contribution in [0.25, 0.3) is 0 Å². The topological polar surface area (TPSA) is 12.0 Å². The van der Waals surface area contributed by atoms with E-state index in [-0.39, 0.29) is 0 Å². The molecule has 3 heteroatoms. The summed E-state index contributed by atoms with van der Waals surface area (Å²) in [5.41, 5.74) is 1.47. The Morgan fingerprint density at radius 3 is 2.44 bits per heavy atom. The van der Waals surface area contributed by atoms with Crippen LogP contribution >= 0.6 is 23.2 Å². The molecule has 0 fully saturated rings. The lowest BCUT2D eigenvalue weighted by molar-refractivity contribution is 0.381. The van der Waals surface area contributed by atoms with Crippen molar-refractivity contribution in [1.82, 2.24) is 5.32 Å². The van der Waals surface area contributed by atoms with Crippen molar-refractivity contribution >= 4 is 23.2 Å². The number of hydrogen-bond donors (Lipinski definition) is 1. The van der Waals surface area contributed by atoms with E-state index in [1.807, 2.05) is 12.1 Å². The van der Waals surface area contributed by atoms with Gasteiger partial charge >= 0.3 is 0 Å². The van der Waals surface area contributed by atoms with E-state index < -0.39 is 0 Å². The maximum Gasteiger partial charge on any atom is 0.0453 e. The molecular formula is C13H19Cl2N. The Hall–Kier alpha value is -0.240. The van der Waals surface area contributed by atoms with E-state index in [0.717, 1.165) is 30.1 Å². The molecule has 0 amide bonds. The van der Waals surface area contributed by atoms with Gasteiger partial charge < -0.3 is 5.32 Å². The van der Waals surface area contributed by atoms with Gasteiger partial charge in [0.1, 0.15) is 0 Å². The smallest absolute Gasteiger partial charge is 0.0453 e. The Morgan fingerprint density at radius 1 is 1.19 bits per heavy atom. The summed E-state index contributed by atoms with van der Waals surface area (Å²) in [7, 11) is 0. The van der Waals surface area contributed by atoms with Gasteiger partial charge in [-0.05, 0) is 36.1 Å². The van der Waals surface area contributed by atoms with E-state index in [2.05, 4.69) is 26.1 Å². The first-order chi connectivity index (χ1) is 7.38. The van der Waals surface area contributed by atoms with E-state index in [9.17, 15) is 0 Å². The van der Waals surface area contributed by atoms with Crippen molar-refractivity contribution in [2.45, 2.75) is 27.2 Å². The number of rotatable bonds is 4. The molecule has 1 aromatic carbocycles. The minimum atomic E-state index is 0.323. The highest BCUT2D eigenvalue weighted by Crippen LogP contribution is 2.21. The van der Waals surface area contributed by atoms with Crippen LogP contribution in [0.4, 0.5) is 0 Å². The molecule has 1 rings (SSSR count). The monoisotopic (exact) mass is 259 g/mol. The lowest BCUT2D eigenvalue weighted by atomic mass is 9.97. The van der Waals surface area contributed by atoms with Gasteiger partial charge in [0, 0.05) is 16.6 Å². The average Bonchev–Trinajstić information content (AvgIpc) is 2.13. The largest absolute Gasteiger partial charge is 0.316 e. The van der Waals surface area contributed by atoms with Crippen molar-refractivity contribution in [1.29, 1.82) is 0 Å². The van der Waals surface area contributed by atoms with Crippen molar-refractivity contribution in [2.75, 3.05) is 13.1 Å². The van der Waals surface area contributed by atoms with Crippen LogP contribution in [-0.2, 0) is 6.42 Å². The van der Waals surface area contributed by atoms with Gasteiger partial charge in [0.25, 0.3) is 0 Å². The molecule has 1 N–H and O–H groups in total. The van der Waals surface area contributed by atoms with Crippen LogP contribution in [0.5, 0.6) is 0 Å². The summed E-state index contributed by atoms with van der Waals surface area (Å²) in [5.74, 6) is 0. The van der Waals surface area contributed by atoms with Crippen molar-refractivity contribution < 1.29 is 0 Å². The maximum atomic E-state index is 6.09. The Labute approximate surface area is 108 Å². The summed E-state index contributed by atoms with van der Waals surface area (Å²) >= 11 is 11.9. The fourth-order valence-electron chi connectivity index (χ4n) is 1.41. The zero-order chi connectivity index (χ0) is 12.2. The molecule has 0 heterocycles. The van der Waals surface area contributed by atoms with Gasteiger partial charge in [0.2, 0.25) is 0 Å². The van der Waals surface area contributed by atoms with E-state index >= 15 is 0 Å². The summed E-state index contributed by atoms with van der Waals surface area (Å²) in [6.07, 6.45) is 0.937. The molecule has 0 aliphatic rings. The molecule has 1 aromatic rings. The van der Waals surface area contributed by atoms with E-state index in [0.29, 0.717) is 10.4 Å². The van der Waals surface area contributed by atoms with Crippen molar-refractivity contribution in [2.24, 2.45) is 5.41 Å².